The minimum Gasteiger partial charge on any atom is -0.404 e. The zero-order chi connectivity index (χ0) is 13.3. The Balaban J connectivity index is 2.24. The van der Waals surface area contributed by atoms with Crippen LogP contribution >= 0.6 is 0 Å². The zero-order valence-corrected chi connectivity index (χ0v) is 11.0. The molecule has 1 aromatic heterocycles. The van der Waals surface area contributed by atoms with Crippen molar-refractivity contribution >= 4 is 5.97 Å². The van der Waals surface area contributed by atoms with E-state index in [1.807, 2.05) is 32.9 Å². The molecule has 0 N–H and O–H groups in total. The summed E-state index contributed by atoms with van der Waals surface area (Å²) in [7, 11) is 1.75. The van der Waals surface area contributed by atoms with E-state index in [9.17, 15) is 4.79 Å². The van der Waals surface area contributed by atoms with E-state index >= 15 is 0 Å². The van der Waals surface area contributed by atoms with Gasteiger partial charge >= 0.3 is 5.97 Å². The molecular weight excluding hydrogens is 228 g/mol. The molecule has 2 aromatic rings. The van der Waals surface area contributed by atoms with Crippen LogP contribution in [-0.4, -0.2) is 15.7 Å². The van der Waals surface area contributed by atoms with E-state index in [0.717, 1.165) is 16.8 Å². The Labute approximate surface area is 106 Å². The second kappa shape index (κ2) is 4.64. The molecule has 18 heavy (non-hydrogen) atoms. The minimum atomic E-state index is -0.351. The summed E-state index contributed by atoms with van der Waals surface area (Å²) in [6, 6.07) is 7.39. The third kappa shape index (κ3) is 2.42. The van der Waals surface area contributed by atoms with Crippen molar-refractivity contribution in [3.63, 3.8) is 0 Å². The van der Waals surface area contributed by atoms with Gasteiger partial charge in [-0.25, -0.2) is 9.48 Å². The lowest BCUT2D eigenvalue weighted by molar-refractivity contribution is 0.0719. The molecule has 94 valence electrons. The van der Waals surface area contributed by atoms with Gasteiger partial charge in [-0.2, -0.15) is 5.10 Å². The summed E-state index contributed by atoms with van der Waals surface area (Å²) in [6.07, 6.45) is 0. The molecule has 0 amide bonds. The zero-order valence-electron chi connectivity index (χ0n) is 11.0. The number of hydrogen-bond donors (Lipinski definition) is 0. The van der Waals surface area contributed by atoms with Gasteiger partial charge < -0.3 is 4.74 Å². The normalized spacial score (nSPS) is 10.4. The van der Waals surface area contributed by atoms with Gasteiger partial charge in [-0.05, 0) is 32.4 Å². The van der Waals surface area contributed by atoms with Crippen molar-refractivity contribution < 1.29 is 9.53 Å². The third-order valence-electron chi connectivity index (χ3n) is 2.76. The van der Waals surface area contributed by atoms with Crippen LogP contribution in [0.3, 0.4) is 0 Å². The Morgan fingerprint density at radius 3 is 2.50 bits per heavy atom. The van der Waals surface area contributed by atoms with E-state index in [4.69, 9.17) is 4.74 Å². The number of aryl methyl sites for hydroxylation is 4. The van der Waals surface area contributed by atoms with Crippen molar-refractivity contribution in [3.8, 4) is 5.88 Å². The van der Waals surface area contributed by atoms with Gasteiger partial charge in [0.15, 0.2) is 0 Å². The number of rotatable bonds is 2. The molecule has 4 heteroatoms. The summed E-state index contributed by atoms with van der Waals surface area (Å²) in [5.41, 5.74) is 3.44. The Kier molecular flexibility index (Phi) is 3.19. The highest BCUT2D eigenvalue weighted by atomic mass is 16.5. The summed E-state index contributed by atoms with van der Waals surface area (Å²) < 4.78 is 6.89. The van der Waals surface area contributed by atoms with Gasteiger partial charge in [0.1, 0.15) is 0 Å². The first kappa shape index (κ1) is 12.4. The summed E-state index contributed by atoms with van der Waals surface area (Å²) in [6.45, 7) is 5.75. The predicted octanol–water partition coefficient (Wildman–Crippen LogP) is 2.56. The number of aromatic nitrogens is 2. The minimum absolute atomic E-state index is 0.351. The maximum atomic E-state index is 12.0. The van der Waals surface area contributed by atoms with Crippen LogP contribution in [0.1, 0.15) is 27.2 Å². The fourth-order valence-electron chi connectivity index (χ4n) is 1.87. The van der Waals surface area contributed by atoms with E-state index < -0.39 is 0 Å². The van der Waals surface area contributed by atoms with Crippen LogP contribution < -0.4 is 4.74 Å². The highest BCUT2D eigenvalue weighted by molar-refractivity contribution is 5.92. The molecule has 0 aliphatic rings. The third-order valence-corrected chi connectivity index (χ3v) is 2.76. The molecule has 0 fully saturated rings. The lowest BCUT2D eigenvalue weighted by Crippen LogP contribution is -2.12. The molecule has 0 atom stereocenters. The average molecular weight is 244 g/mol. The number of benzene rings is 1. The molecule has 0 unspecified atom stereocenters. The summed E-state index contributed by atoms with van der Waals surface area (Å²) in [5.74, 6) is 0.105. The average Bonchev–Trinajstić information content (AvgIpc) is 2.57. The second-order valence-corrected chi connectivity index (χ2v) is 4.46. The SMILES string of the molecule is Cc1ccc(C(=O)Oc2cc(C)nn2C)c(C)c1. The fourth-order valence-corrected chi connectivity index (χ4v) is 1.87. The molecule has 0 radical (unpaired) electrons. The Morgan fingerprint density at radius 2 is 1.94 bits per heavy atom. The molecule has 0 aliphatic carbocycles. The van der Waals surface area contributed by atoms with E-state index in [1.165, 1.54) is 0 Å². The van der Waals surface area contributed by atoms with E-state index in [-0.39, 0.29) is 5.97 Å². The molecule has 0 spiro atoms. The Hall–Kier alpha value is -2.10. The van der Waals surface area contributed by atoms with Crippen LogP contribution in [-0.2, 0) is 7.05 Å². The van der Waals surface area contributed by atoms with Gasteiger partial charge in [0.2, 0.25) is 5.88 Å². The monoisotopic (exact) mass is 244 g/mol. The maximum absolute atomic E-state index is 12.0. The molecule has 4 nitrogen and oxygen atoms in total. The predicted molar refractivity (Wildman–Crippen MR) is 68.8 cm³/mol. The molecule has 0 bridgehead atoms. The maximum Gasteiger partial charge on any atom is 0.345 e. The quantitative estimate of drug-likeness (QED) is 0.763. The van der Waals surface area contributed by atoms with Gasteiger partial charge in [-0.3, -0.25) is 0 Å². The molecule has 1 heterocycles. The van der Waals surface area contributed by atoms with Gasteiger partial charge in [-0.15, -0.1) is 0 Å². The fraction of sp³-hybridized carbons (Fsp3) is 0.286. The lowest BCUT2D eigenvalue weighted by Gasteiger charge is -2.07. The first-order valence-corrected chi connectivity index (χ1v) is 5.77. The Bertz CT molecular complexity index is 600. The van der Waals surface area contributed by atoms with Crippen molar-refractivity contribution in [2.45, 2.75) is 20.8 Å². The molecule has 2 rings (SSSR count). The van der Waals surface area contributed by atoms with Crippen molar-refractivity contribution in [2.24, 2.45) is 7.05 Å². The van der Waals surface area contributed by atoms with Crippen LogP contribution in [0.5, 0.6) is 5.88 Å². The van der Waals surface area contributed by atoms with Gasteiger partial charge in [0.25, 0.3) is 0 Å². The molecular formula is C14H16N2O2. The highest BCUT2D eigenvalue weighted by Gasteiger charge is 2.14. The number of ether oxygens (including phenoxy) is 1. The highest BCUT2D eigenvalue weighted by Crippen LogP contribution is 2.16. The van der Waals surface area contributed by atoms with Gasteiger partial charge in [0, 0.05) is 13.1 Å². The van der Waals surface area contributed by atoms with Crippen LogP contribution in [0.25, 0.3) is 0 Å². The first-order chi connectivity index (χ1) is 8.47. The number of carbonyl (C=O) groups excluding carboxylic acids is 1. The lowest BCUT2D eigenvalue weighted by atomic mass is 10.1. The van der Waals surface area contributed by atoms with E-state index in [1.54, 1.807) is 23.9 Å². The van der Waals surface area contributed by atoms with Crippen LogP contribution in [0.2, 0.25) is 0 Å². The van der Waals surface area contributed by atoms with Crippen LogP contribution in [0.4, 0.5) is 0 Å². The van der Waals surface area contributed by atoms with Crippen LogP contribution in [0.15, 0.2) is 24.3 Å². The van der Waals surface area contributed by atoms with Crippen molar-refractivity contribution in [2.75, 3.05) is 0 Å². The number of nitrogens with zero attached hydrogens (tertiary/aromatic N) is 2. The van der Waals surface area contributed by atoms with Crippen molar-refractivity contribution in [1.29, 1.82) is 0 Å². The van der Waals surface area contributed by atoms with E-state index in [0.29, 0.717) is 11.4 Å². The van der Waals surface area contributed by atoms with Crippen molar-refractivity contribution in [1.82, 2.24) is 9.78 Å². The standard InChI is InChI=1S/C14H16N2O2/c1-9-5-6-12(10(2)7-9)14(17)18-13-8-11(3)15-16(13)4/h5-8H,1-4H3. The number of hydrogen-bond acceptors (Lipinski definition) is 3. The van der Waals surface area contributed by atoms with Gasteiger partial charge in [0.05, 0.1) is 11.3 Å². The summed E-state index contributed by atoms with van der Waals surface area (Å²) in [5, 5.41) is 4.13. The van der Waals surface area contributed by atoms with Crippen molar-refractivity contribution in [3.05, 3.63) is 46.6 Å². The summed E-state index contributed by atoms with van der Waals surface area (Å²) >= 11 is 0. The largest absolute Gasteiger partial charge is 0.404 e. The Morgan fingerprint density at radius 1 is 1.22 bits per heavy atom. The van der Waals surface area contributed by atoms with Gasteiger partial charge in [-0.1, -0.05) is 17.7 Å². The topological polar surface area (TPSA) is 44.1 Å². The van der Waals surface area contributed by atoms with E-state index in [2.05, 4.69) is 5.10 Å². The molecule has 0 saturated heterocycles. The second-order valence-electron chi connectivity index (χ2n) is 4.46. The number of esters is 1. The first-order valence-electron chi connectivity index (χ1n) is 5.77. The summed E-state index contributed by atoms with van der Waals surface area (Å²) in [4.78, 5) is 12.0. The number of carbonyl (C=O) groups is 1. The van der Waals surface area contributed by atoms with Crippen LogP contribution in [0, 0.1) is 20.8 Å². The molecule has 0 aliphatic heterocycles. The molecule has 0 saturated carbocycles. The smallest absolute Gasteiger partial charge is 0.345 e. The molecule has 1 aromatic carbocycles.